The van der Waals surface area contributed by atoms with E-state index >= 15 is 0 Å². The van der Waals surface area contributed by atoms with Crippen LogP contribution in [0, 0.1) is 11.8 Å². The van der Waals surface area contributed by atoms with Gasteiger partial charge in [0, 0.05) is 12.1 Å². The molecule has 1 saturated carbocycles. The molecule has 0 radical (unpaired) electrons. The van der Waals surface area contributed by atoms with Gasteiger partial charge in [0.1, 0.15) is 0 Å². The van der Waals surface area contributed by atoms with Crippen LogP contribution in [0.15, 0.2) is 0 Å². The minimum absolute atomic E-state index is 0.267. The third kappa shape index (κ3) is 6.16. The molecule has 0 saturated heterocycles. The van der Waals surface area contributed by atoms with Crippen LogP contribution in [-0.2, 0) is 0 Å². The van der Waals surface area contributed by atoms with Crippen LogP contribution in [-0.4, -0.2) is 37.1 Å². The molecular weight excluding hydrogens is 184 g/mol. The monoisotopic (exact) mass is 212 g/mol. The predicted octanol–water partition coefficient (Wildman–Crippen LogP) is 2.35. The summed E-state index contributed by atoms with van der Waals surface area (Å²) in [5.41, 5.74) is 0.267. The maximum absolute atomic E-state index is 3.53. The van der Waals surface area contributed by atoms with Gasteiger partial charge in [0.25, 0.3) is 0 Å². The molecule has 0 aliphatic heterocycles. The van der Waals surface area contributed by atoms with Crippen molar-refractivity contribution in [3.63, 3.8) is 0 Å². The normalized spacial score (nSPS) is 26.0. The van der Waals surface area contributed by atoms with E-state index in [0.29, 0.717) is 0 Å². The average molecular weight is 212 g/mol. The van der Waals surface area contributed by atoms with E-state index in [4.69, 9.17) is 0 Å². The van der Waals surface area contributed by atoms with Gasteiger partial charge in [-0.1, -0.05) is 6.92 Å². The fourth-order valence-corrected chi connectivity index (χ4v) is 1.96. The first-order valence-corrected chi connectivity index (χ1v) is 6.32. The maximum Gasteiger partial charge on any atom is 0.00965 e. The lowest BCUT2D eigenvalue weighted by Crippen LogP contribution is -2.37. The molecule has 1 aliphatic carbocycles. The van der Waals surface area contributed by atoms with Gasteiger partial charge in [-0.05, 0) is 65.6 Å². The molecule has 0 aromatic carbocycles. The van der Waals surface area contributed by atoms with Crippen LogP contribution in [0.3, 0.4) is 0 Å². The minimum Gasteiger partial charge on any atom is -0.312 e. The van der Waals surface area contributed by atoms with Crippen molar-refractivity contribution >= 4 is 0 Å². The standard InChI is InChI=1S/C13H28N2/c1-11-9-12(11)10-15(5)8-6-7-14-13(2,3)4/h11-12,14H,6-10H2,1-5H3. The summed E-state index contributed by atoms with van der Waals surface area (Å²) in [6.07, 6.45) is 2.71. The van der Waals surface area contributed by atoms with Gasteiger partial charge in [-0.25, -0.2) is 0 Å². The Balaban J connectivity index is 1.95. The first-order valence-electron chi connectivity index (χ1n) is 6.32. The molecule has 90 valence electrons. The summed E-state index contributed by atoms with van der Waals surface area (Å²) in [6.45, 7) is 12.7. The highest BCUT2D eigenvalue weighted by Crippen LogP contribution is 2.37. The molecule has 0 heterocycles. The van der Waals surface area contributed by atoms with Gasteiger partial charge in [0.2, 0.25) is 0 Å². The van der Waals surface area contributed by atoms with E-state index in [1.54, 1.807) is 0 Å². The summed E-state index contributed by atoms with van der Waals surface area (Å²) >= 11 is 0. The van der Waals surface area contributed by atoms with Gasteiger partial charge in [-0.15, -0.1) is 0 Å². The van der Waals surface area contributed by atoms with Crippen LogP contribution >= 0.6 is 0 Å². The fourth-order valence-electron chi connectivity index (χ4n) is 1.96. The number of hydrogen-bond acceptors (Lipinski definition) is 2. The Kier molecular flexibility index (Phi) is 4.60. The van der Waals surface area contributed by atoms with Crippen molar-refractivity contribution in [2.45, 2.75) is 46.1 Å². The zero-order valence-corrected chi connectivity index (χ0v) is 11.1. The van der Waals surface area contributed by atoms with Gasteiger partial charge in [0.15, 0.2) is 0 Å². The second-order valence-electron chi connectivity index (χ2n) is 6.27. The summed E-state index contributed by atoms with van der Waals surface area (Å²) in [7, 11) is 2.25. The van der Waals surface area contributed by atoms with E-state index in [-0.39, 0.29) is 5.54 Å². The first-order chi connectivity index (χ1) is 6.88. The van der Waals surface area contributed by atoms with Crippen molar-refractivity contribution in [2.24, 2.45) is 11.8 Å². The van der Waals surface area contributed by atoms with E-state index in [1.807, 2.05) is 0 Å². The first kappa shape index (κ1) is 13.0. The van der Waals surface area contributed by atoms with Crippen LogP contribution < -0.4 is 5.32 Å². The zero-order chi connectivity index (χ0) is 11.5. The van der Waals surface area contributed by atoms with Crippen molar-refractivity contribution in [1.82, 2.24) is 10.2 Å². The Morgan fingerprint density at radius 2 is 1.93 bits per heavy atom. The third-order valence-electron chi connectivity index (χ3n) is 3.19. The number of rotatable bonds is 6. The largest absolute Gasteiger partial charge is 0.312 e. The molecule has 2 nitrogen and oxygen atoms in total. The smallest absolute Gasteiger partial charge is 0.00965 e. The minimum atomic E-state index is 0.267. The summed E-state index contributed by atoms with van der Waals surface area (Å²) in [6, 6.07) is 0. The van der Waals surface area contributed by atoms with Crippen molar-refractivity contribution < 1.29 is 0 Å². The van der Waals surface area contributed by atoms with E-state index in [2.05, 4.69) is 45.0 Å². The van der Waals surface area contributed by atoms with E-state index in [1.165, 1.54) is 25.9 Å². The average Bonchev–Trinajstić information content (AvgIpc) is 2.74. The highest BCUT2D eigenvalue weighted by atomic mass is 15.1. The van der Waals surface area contributed by atoms with Gasteiger partial charge in [-0.2, -0.15) is 0 Å². The molecule has 0 amide bonds. The predicted molar refractivity (Wildman–Crippen MR) is 67.1 cm³/mol. The molecule has 1 fully saturated rings. The summed E-state index contributed by atoms with van der Waals surface area (Å²) in [4.78, 5) is 2.48. The van der Waals surface area contributed by atoms with Crippen LogP contribution in [0.25, 0.3) is 0 Å². The zero-order valence-electron chi connectivity index (χ0n) is 11.1. The van der Waals surface area contributed by atoms with Crippen LogP contribution in [0.4, 0.5) is 0 Å². The topological polar surface area (TPSA) is 15.3 Å². The molecule has 2 heteroatoms. The fraction of sp³-hybridized carbons (Fsp3) is 1.00. The summed E-state index contributed by atoms with van der Waals surface area (Å²) in [5, 5.41) is 3.53. The molecule has 1 N–H and O–H groups in total. The highest BCUT2D eigenvalue weighted by molar-refractivity contribution is 4.84. The van der Waals surface area contributed by atoms with Crippen LogP contribution in [0.2, 0.25) is 0 Å². The van der Waals surface area contributed by atoms with Gasteiger partial charge < -0.3 is 10.2 Å². The quantitative estimate of drug-likeness (QED) is 0.680. The summed E-state index contributed by atoms with van der Waals surface area (Å²) < 4.78 is 0. The highest BCUT2D eigenvalue weighted by Gasteiger charge is 2.32. The van der Waals surface area contributed by atoms with E-state index in [9.17, 15) is 0 Å². The molecule has 0 aromatic rings. The van der Waals surface area contributed by atoms with Crippen LogP contribution in [0.1, 0.15) is 40.5 Å². The lowest BCUT2D eigenvalue weighted by molar-refractivity contribution is 0.301. The second kappa shape index (κ2) is 5.31. The van der Waals surface area contributed by atoms with Gasteiger partial charge in [-0.3, -0.25) is 0 Å². The Hall–Kier alpha value is -0.0800. The molecular formula is C13H28N2. The molecule has 2 unspecified atom stereocenters. The third-order valence-corrected chi connectivity index (χ3v) is 3.19. The van der Waals surface area contributed by atoms with E-state index in [0.717, 1.165) is 18.4 Å². The molecule has 0 bridgehead atoms. The molecule has 15 heavy (non-hydrogen) atoms. The molecule has 1 aliphatic rings. The maximum atomic E-state index is 3.53. The Morgan fingerprint density at radius 3 is 2.40 bits per heavy atom. The Labute approximate surface area is 95.4 Å². The Morgan fingerprint density at radius 1 is 1.33 bits per heavy atom. The lowest BCUT2D eigenvalue weighted by Gasteiger charge is -2.22. The van der Waals surface area contributed by atoms with Crippen molar-refractivity contribution in [1.29, 1.82) is 0 Å². The van der Waals surface area contributed by atoms with Crippen molar-refractivity contribution in [3.05, 3.63) is 0 Å². The number of nitrogens with zero attached hydrogens (tertiary/aromatic N) is 1. The Bertz CT molecular complexity index is 183. The van der Waals surface area contributed by atoms with Gasteiger partial charge in [0.05, 0.1) is 0 Å². The van der Waals surface area contributed by atoms with Crippen molar-refractivity contribution in [2.75, 3.05) is 26.7 Å². The van der Waals surface area contributed by atoms with Crippen LogP contribution in [0.5, 0.6) is 0 Å². The van der Waals surface area contributed by atoms with Gasteiger partial charge >= 0.3 is 0 Å². The molecule has 2 atom stereocenters. The van der Waals surface area contributed by atoms with E-state index < -0.39 is 0 Å². The summed E-state index contributed by atoms with van der Waals surface area (Å²) in [5.74, 6) is 1.98. The number of nitrogens with one attached hydrogen (secondary N) is 1. The molecule has 0 aromatic heterocycles. The second-order valence-corrected chi connectivity index (χ2v) is 6.27. The molecule has 1 rings (SSSR count). The van der Waals surface area contributed by atoms with Crippen molar-refractivity contribution in [3.8, 4) is 0 Å². The molecule has 0 spiro atoms. The number of hydrogen-bond donors (Lipinski definition) is 1. The SMILES string of the molecule is CC1CC1CN(C)CCCNC(C)(C)C. The lowest BCUT2D eigenvalue weighted by atomic mass is 10.1.